The van der Waals surface area contributed by atoms with Crippen LogP contribution in [0.25, 0.3) is 0 Å². The van der Waals surface area contributed by atoms with Crippen LogP contribution in [0.1, 0.15) is 39.5 Å². The number of allylic oxidation sites excluding steroid dienone is 4. The molecule has 27 heavy (non-hydrogen) atoms. The third-order valence-corrected chi connectivity index (χ3v) is 8.22. The standard InChI is InChI=1S/C22H27FO4/c1-12-8-16-15-5-4-13-9-14(24)6-7-20(13,2)19(15)17(25)10-21(16,3)22(12,27)18(26)11-23/h6-7,9,15-17,19,25,27H,1,4-5,8,10-11H2,2-3H3/t15-,16-,17-,19+,20-,21-,22-/m0/s1. The van der Waals surface area contributed by atoms with E-state index >= 15 is 0 Å². The summed E-state index contributed by atoms with van der Waals surface area (Å²) in [5.74, 6) is -0.960. The molecule has 146 valence electrons. The number of aliphatic hydroxyl groups excluding tert-OH is 1. The summed E-state index contributed by atoms with van der Waals surface area (Å²) in [4.78, 5) is 24.2. The van der Waals surface area contributed by atoms with Gasteiger partial charge in [-0.1, -0.05) is 32.1 Å². The second kappa shape index (κ2) is 5.71. The Morgan fingerprint density at radius 1 is 1.41 bits per heavy atom. The van der Waals surface area contributed by atoms with Gasteiger partial charge in [0, 0.05) is 16.7 Å². The lowest BCUT2D eigenvalue weighted by atomic mass is 9.46. The van der Waals surface area contributed by atoms with E-state index in [1.807, 2.05) is 6.08 Å². The molecule has 0 unspecified atom stereocenters. The van der Waals surface area contributed by atoms with E-state index in [9.17, 15) is 24.2 Å². The molecule has 4 nitrogen and oxygen atoms in total. The third-order valence-electron chi connectivity index (χ3n) is 8.22. The number of carbonyl (C=O) groups excluding carboxylic acids is 2. The molecule has 3 fully saturated rings. The second-order valence-electron chi connectivity index (χ2n) is 9.29. The summed E-state index contributed by atoms with van der Waals surface area (Å²) in [7, 11) is 0. The molecule has 4 aliphatic rings. The summed E-state index contributed by atoms with van der Waals surface area (Å²) >= 11 is 0. The molecule has 0 aromatic carbocycles. The van der Waals surface area contributed by atoms with E-state index < -0.39 is 35.0 Å². The fourth-order valence-corrected chi connectivity index (χ4v) is 6.89. The summed E-state index contributed by atoms with van der Waals surface area (Å²) in [6, 6.07) is 0. The van der Waals surface area contributed by atoms with Gasteiger partial charge in [-0.15, -0.1) is 0 Å². The van der Waals surface area contributed by atoms with Gasteiger partial charge < -0.3 is 10.2 Å². The molecule has 4 rings (SSSR count). The normalized spacial score (nSPS) is 48.6. The Morgan fingerprint density at radius 2 is 2.11 bits per heavy atom. The fourth-order valence-electron chi connectivity index (χ4n) is 6.89. The minimum Gasteiger partial charge on any atom is -0.393 e. The van der Waals surface area contributed by atoms with Gasteiger partial charge in [0.15, 0.2) is 23.8 Å². The predicted octanol–water partition coefficient (Wildman–Crippen LogP) is 2.70. The number of aliphatic hydroxyl groups is 2. The molecule has 7 atom stereocenters. The Morgan fingerprint density at radius 3 is 2.78 bits per heavy atom. The molecule has 0 amide bonds. The van der Waals surface area contributed by atoms with Crippen LogP contribution in [0.4, 0.5) is 4.39 Å². The van der Waals surface area contributed by atoms with Crippen LogP contribution in [-0.4, -0.2) is 40.2 Å². The topological polar surface area (TPSA) is 74.6 Å². The molecule has 5 heteroatoms. The third kappa shape index (κ3) is 2.16. The minimum absolute atomic E-state index is 0.0202. The Labute approximate surface area is 158 Å². The van der Waals surface area contributed by atoms with Crippen molar-refractivity contribution >= 4 is 11.6 Å². The quantitative estimate of drug-likeness (QED) is 0.729. The van der Waals surface area contributed by atoms with Crippen LogP contribution in [-0.2, 0) is 9.59 Å². The molecule has 0 spiro atoms. The first-order valence-corrected chi connectivity index (χ1v) is 9.72. The summed E-state index contributed by atoms with van der Waals surface area (Å²) in [6.45, 7) is 6.55. The molecule has 3 saturated carbocycles. The van der Waals surface area contributed by atoms with Crippen LogP contribution in [0, 0.1) is 28.6 Å². The molecule has 0 aromatic heterocycles. The molecule has 0 bridgehead atoms. The van der Waals surface area contributed by atoms with Crippen molar-refractivity contribution in [2.45, 2.75) is 51.2 Å². The molecule has 0 radical (unpaired) electrons. The molecule has 4 aliphatic carbocycles. The van der Waals surface area contributed by atoms with Crippen LogP contribution in [0.2, 0.25) is 0 Å². The first-order valence-electron chi connectivity index (χ1n) is 9.72. The first-order chi connectivity index (χ1) is 12.6. The SMILES string of the molecule is C=C1C[C@H]2[C@@H]3CCC4=CC(=O)C=C[C@]4(C)[C@H]3[C@@H](O)C[C@]2(C)[C@@]1(O)C(=O)CF. The van der Waals surface area contributed by atoms with Crippen LogP contribution in [0.15, 0.2) is 36.0 Å². The Balaban J connectivity index is 1.79. The second-order valence-corrected chi connectivity index (χ2v) is 9.29. The molecule has 0 saturated heterocycles. The van der Waals surface area contributed by atoms with Crippen molar-refractivity contribution in [2.75, 3.05) is 6.67 Å². The summed E-state index contributed by atoms with van der Waals surface area (Å²) < 4.78 is 13.3. The van der Waals surface area contributed by atoms with Crippen molar-refractivity contribution in [3.8, 4) is 0 Å². The maximum Gasteiger partial charge on any atom is 0.199 e. The van der Waals surface area contributed by atoms with Crippen molar-refractivity contribution in [2.24, 2.45) is 28.6 Å². The lowest BCUT2D eigenvalue weighted by molar-refractivity contribution is -0.172. The van der Waals surface area contributed by atoms with E-state index in [1.165, 1.54) is 0 Å². The highest BCUT2D eigenvalue weighted by molar-refractivity contribution is 6.01. The maximum absolute atomic E-state index is 13.3. The van der Waals surface area contributed by atoms with Gasteiger partial charge in [-0.3, -0.25) is 9.59 Å². The fraction of sp³-hybridized carbons (Fsp3) is 0.636. The number of alkyl halides is 1. The van der Waals surface area contributed by atoms with Crippen molar-refractivity contribution in [1.82, 2.24) is 0 Å². The number of carbonyl (C=O) groups is 2. The van der Waals surface area contributed by atoms with Crippen molar-refractivity contribution in [3.63, 3.8) is 0 Å². The van der Waals surface area contributed by atoms with E-state index in [-0.39, 0.29) is 30.0 Å². The van der Waals surface area contributed by atoms with Crippen LogP contribution >= 0.6 is 0 Å². The number of ketones is 2. The zero-order valence-electron chi connectivity index (χ0n) is 15.9. The van der Waals surface area contributed by atoms with E-state index in [0.29, 0.717) is 12.0 Å². The minimum atomic E-state index is -1.92. The van der Waals surface area contributed by atoms with Gasteiger partial charge in [-0.25, -0.2) is 4.39 Å². The van der Waals surface area contributed by atoms with Crippen molar-refractivity contribution in [3.05, 3.63) is 36.0 Å². The van der Waals surface area contributed by atoms with Gasteiger partial charge in [-0.2, -0.15) is 0 Å². The first kappa shape index (κ1) is 18.8. The molecule has 2 N–H and O–H groups in total. The predicted molar refractivity (Wildman–Crippen MR) is 98.5 cm³/mol. The lowest BCUT2D eigenvalue weighted by Gasteiger charge is -2.59. The van der Waals surface area contributed by atoms with Crippen LogP contribution in [0.3, 0.4) is 0 Å². The molecule has 0 heterocycles. The summed E-state index contributed by atoms with van der Waals surface area (Å²) in [5, 5.41) is 22.4. The Hall–Kier alpha value is -1.59. The summed E-state index contributed by atoms with van der Waals surface area (Å²) in [5.41, 5.74) is -1.85. The van der Waals surface area contributed by atoms with Crippen molar-refractivity contribution < 1.29 is 24.2 Å². The monoisotopic (exact) mass is 374 g/mol. The van der Waals surface area contributed by atoms with Crippen LogP contribution < -0.4 is 0 Å². The van der Waals surface area contributed by atoms with Gasteiger partial charge >= 0.3 is 0 Å². The highest BCUT2D eigenvalue weighted by atomic mass is 19.1. The molecule has 0 aromatic rings. The average molecular weight is 374 g/mol. The van der Waals surface area contributed by atoms with Gasteiger partial charge in [0.05, 0.1) is 6.10 Å². The zero-order chi connectivity index (χ0) is 19.8. The number of rotatable bonds is 2. The smallest absolute Gasteiger partial charge is 0.199 e. The molecular weight excluding hydrogens is 347 g/mol. The number of hydrogen-bond acceptors (Lipinski definition) is 4. The van der Waals surface area contributed by atoms with E-state index in [4.69, 9.17) is 0 Å². The van der Waals surface area contributed by atoms with Gasteiger partial charge in [0.1, 0.15) is 0 Å². The number of fused-ring (bicyclic) bond motifs is 5. The largest absolute Gasteiger partial charge is 0.393 e. The molecule has 0 aliphatic heterocycles. The molecular formula is C22H27FO4. The van der Waals surface area contributed by atoms with Gasteiger partial charge in [0.25, 0.3) is 0 Å². The highest BCUT2D eigenvalue weighted by Crippen LogP contribution is 2.68. The van der Waals surface area contributed by atoms with Gasteiger partial charge in [0.2, 0.25) is 0 Å². The van der Waals surface area contributed by atoms with E-state index in [1.54, 1.807) is 19.1 Å². The van der Waals surface area contributed by atoms with Crippen molar-refractivity contribution in [1.29, 1.82) is 0 Å². The number of halogens is 1. The lowest BCUT2D eigenvalue weighted by Crippen LogP contribution is -2.61. The highest BCUT2D eigenvalue weighted by Gasteiger charge is 2.69. The number of hydrogen-bond donors (Lipinski definition) is 2. The summed E-state index contributed by atoms with van der Waals surface area (Å²) in [6.07, 6.45) is 6.61. The van der Waals surface area contributed by atoms with E-state index in [2.05, 4.69) is 13.5 Å². The number of Topliss-reactive ketones (excluding diaryl/α,β-unsaturated/α-hetero) is 1. The Bertz CT molecular complexity index is 798. The van der Waals surface area contributed by atoms with Gasteiger partial charge in [-0.05, 0) is 55.2 Å². The zero-order valence-corrected chi connectivity index (χ0v) is 15.9. The average Bonchev–Trinajstić information content (AvgIpc) is 2.82. The maximum atomic E-state index is 13.3. The van der Waals surface area contributed by atoms with Crippen LogP contribution in [0.5, 0.6) is 0 Å². The Kier molecular flexibility index (Phi) is 3.97. The van der Waals surface area contributed by atoms with E-state index in [0.717, 1.165) is 18.4 Å².